The summed E-state index contributed by atoms with van der Waals surface area (Å²) in [5.74, 6) is 1.22. The molecule has 2 aliphatic rings. The molecule has 3 heterocycles. The molecule has 0 radical (unpaired) electrons. The molecule has 1 saturated heterocycles. The number of nitrogens with zero attached hydrogens (tertiary/aromatic N) is 3. The van der Waals surface area contributed by atoms with Crippen molar-refractivity contribution in [2.75, 3.05) is 42.6 Å². The van der Waals surface area contributed by atoms with Crippen LogP contribution in [0.1, 0.15) is 49.1 Å². The maximum Gasteiger partial charge on any atom is 0.289 e. The van der Waals surface area contributed by atoms with Gasteiger partial charge in [-0.3, -0.25) is 14.5 Å². The summed E-state index contributed by atoms with van der Waals surface area (Å²) >= 11 is 6.34. The molecule has 0 atom stereocenters. The first-order valence-electron chi connectivity index (χ1n) is 12.7. The normalized spacial score (nSPS) is 16.0. The van der Waals surface area contributed by atoms with Gasteiger partial charge in [-0.25, -0.2) is 0 Å². The largest absolute Gasteiger partial charge is 0.482 e. The van der Waals surface area contributed by atoms with Gasteiger partial charge in [-0.05, 0) is 53.8 Å². The number of ether oxygens (including phenoxy) is 1. The Morgan fingerprint density at radius 3 is 2.49 bits per heavy atom. The van der Waals surface area contributed by atoms with Gasteiger partial charge in [-0.15, -0.1) is 0 Å². The van der Waals surface area contributed by atoms with Crippen molar-refractivity contribution in [1.82, 2.24) is 4.90 Å². The van der Waals surface area contributed by atoms with Crippen molar-refractivity contribution in [2.24, 2.45) is 0 Å². The van der Waals surface area contributed by atoms with Crippen LogP contribution < -0.4 is 14.5 Å². The second-order valence-electron chi connectivity index (χ2n) is 10.2. The van der Waals surface area contributed by atoms with Crippen LogP contribution in [0.4, 0.5) is 11.4 Å². The maximum atomic E-state index is 13.2. The van der Waals surface area contributed by atoms with Crippen molar-refractivity contribution >= 4 is 34.8 Å². The Morgan fingerprint density at radius 1 is 1.00 bits per heavy atom. The summed E-state index contributed by atoms with van der Waals surface area (Å²) in [5.41, 5.74) is 2.83. The van der Waals surface area contributed by atoms with Crippen molar-refractivity contribution in [3.63, 3.8) is 0 Å². The van der Waals surface area contributed by atoms with Crippen LogP contribution in [0.15, 0.2) is 59.0 Å². The number of hydrogen-bond acceptors (Lipinski definition) is 5. The van der Waals surface area contributed by atoms with E-state index in [2.05, 4.69) is 31.7 Å². The summed E-state index contributed by atoms with van der Waals surface area (Å²) in [6.07, 6.45) is 0.969. The number of carbonyl (C=O) groups is 2. The second-order valence-corrected chi connectivity index (χ2v) is 10.6. The number of piperazine rings is 1. The highest BCUT2D eigenvalue weighted by Crippen LogP contribution is 2.38. The summed E-state index contributed by atoms with van der Waals surface area (Å²) in [7, 11) is 0. The summed E-state index contributed by atoms with van der Waals surface area (Å²) in [4.78, 5) is 31.6. The lowest BCUT2D eigenvalue weighted by Gasteiger charge is -2.36. The predicted molar refractivity (Wildman–Crippen MR) is 145 cm³/mol. The van der Waals surface area contributed by atoms with E-state index in [1.807, 2.05) is 36.4 Å². The van der Waals surface area contributed by atoms with E-state index < -0.39 is 0 Å². The highest BCUT2D eigenvalue weighted by molar-refractivity contribution is 6.33. The zero-order chi connectivity index (χ0) is 26.2. The van der Waals surface area contributed by atoms with Gasteiger partial charge < -0.3 is 19.0 Å². The summed E-state index contributed by atoms with van der Waals surface area (Å²) in [6.45, 7) is 9.27. The molecule has 2 aliphatic heterocycles. The zero-order valence-electron chi connectivity index (χ0n) is 21.5. The van der Waals surface area contributed by atoms with E-state index in [0.717, 1.165) is 23.4 Å². The predicted octanol–water partition coefficient (Wildman–Crippen LogP) is 5.51. The van der Waals surface area contributed by atoms with E-state index in [4.69, 9.17) is 20.8 Å². The van der Waals surface area contributed by atoms with Crippen LogP contribution in [0.2, 0.25) is 5.02 Å². The number of furan rings is 1. The smallest absolute Gasteiger partial charge is 0.289 e. The molecule has 0 aliphatic carbocycles. The standard InChI is InChI=1S/C29H32ClN3O4/c1-4-29(2,3)20-9-11-25-24(17-20)33(27(34)19-36-25)18-21-10-12-26(37-21)28(35)32-15-13-31(14-16-32)23-8-6-5-7-22(23)30/h5-12,17H,4,13-16,18-19H2,1-3H3. The number of fused-ring (bicyclic) bond motifs is 1. The quantitative estimate of drug-likeness (QED) is 0.428. The molecule has 5 rings (SSSR count). The van der Waals surface area contributed by atoms with E-state index >= 15 is 0 Å². The Labute approximate surface area is 222 Å². The lowest BCUT2D eigenvalue weighted by molar-refractivity contribution is -0.121. The molecule has 3 aromatic rings. The minimum atomic E-state index is -0.147. The second kappa shape index (κ2) is 10.1. The molecule has 0 unspecified atom stereocenters. The van der Waals surface area contributed by atoms with E-state index in [0.29, 0.717) is 42.7 Å². The molecule has 0 saturated carbocycles. The van der Waals surface area contributed by atoms with Crippen LogP contribution in [-0.4, -0.2) is 49.5 Å². The highest BCUT2D eigenvalue weighted by atomic mass is 35.5. The Bertz CT molecular complexity index is 1310. The molecule has 0 N–H and O–H groups in total. The van der Waals surface area contributed by atoms with Gasteiger partial charge >= 0.3 is 0 Å². The van der Waals surface area contributed by atoms with Crippen LogP contribution in [0.3, 0.4) is 0 Å². The monoisotopic (exact) mass is 521 g/mol. The van der Waals surface area contributed by atoms with Crippen LogP contribution in [0.5, 0.6) is 5.75 Å². The molecule has 1 fully saturated rings. The number of carbonyl (C=O) groups excluding carboxylic acids is 2. The van der Waals surface area contributed by atoms with Crippen molar-refractivity contribution in [3.05, 3.63) is 76.7 Å². The number of amides is 2. The Balaban J connectivity index is 1.28. The summed E-state index contributed by atoms with van der Waals surface area (Å²) < 4.78 is 11.6. The van der Waals surface area contributed by atoms with Crippen molar-refractivity contribution in [2.45, 2.75) is 39.2 Å². The van der Waals surface area contributed by atoms with Crippen LogP contribution in [-0.2, 0) is 16.8 Å². The molecule has 8 heteroatoms. The van der Waals surface area contributed by atoms with Crippen LogP contribution in [0, 0.1) is 0 Å². The molecule has 2 amide bonds. The molecular formula is C29H32ClN3O4. The summed E-state index contributed by atoms with van der Waals surface area (Å²) in [5, 5.41) is 0.711. The molecule has 37 heavy (non-hydrogen) atoms. The number of halogens is 1. The van der Waals surface area contributed by atoms with Gasteiger partial charge in [0.1, 0.15) is 11.5 Å². The Hall–Kier alpha value is -3.45. The number of benzene rings is 2. The summed E-state index contributed by atoms with van der Waals surface area (Å²) in [6, 6.07) is 17.2. The lowest BCUT2D eigenvalue weighted by Crippen LogP contribution is -2.48. The SMILES string of the molecule is CCC(C)(C)c1ccc2c(c1)N(Cc1ccc(C(=O)N3CCN(c4ccccc4Cl)CC3)o1)C(=O)CO2. The van der Waals surface area contributed by atoms with Gasteiger partial charge in [0.2, 0.25) is 0 Å². The molecule has 0 spiro atoms. The average Bonchev–Trinajstić information content (AvgIpc) is 3.38. The van der Waals surface area contributed by atoms with Crippen LogP contribution >= 0.6 is 11.6 Å². The molecule has 1 aromatic heterocycles. The Kier molecular flexibility index (Phi) is 6.90. The molecule has 2 aromatic carbocycles. The number of anilines is 2. The third-order valence-electron chi connectivity index (χ3n) is 7.51. The van der Waals surface area contributed by atoms with Gasteiger partial charge in [0, 0.05) is 26.2 Å². The first-order chi connectivity index (χ1) is 17.8. The molecular weight excluding hydrogens is 490 g/mol. The van der Waals surface area contributed by atoms with Gasteiger partial charge in [0.15, 0.2) is 12.4 Å². The molecule has 0 bridgehead atoms. The van der Waals surface area contributed by atoms with E-state index in [1.165, 1.54) is 0 Å². The number of para-hydroxylation sites is 1. The zero-order valence-corrected chi connectivity index (χ0v) is 22.3. The molecule has 7 nitrogen and oxygen atoms in total. The topological polar surface area (TPSA) is 66.2 Å². The van der Waals surface area contributed by atoms with E-state index in [9.17, 15) is 9.59 Å². The van der Waals surface area contributed by atoms with Gasteiger partial charge in [0.25, 0.3) is 11.8 Å². The number of rotatable bonds is 6. The van der Waals surface area contributed by atoms with E-state index in [-0.39, 0.29) is 36.1 Å². The van der Waals surface area contributed by atoms with Gasteiger partial charge in [-0.2, -0.15) is 0 Å². The first-order valence-corrected chi connectivity index (χ1v) is 13.1. The fraction of sp³-hybridized carbons (Fsp3) is 0.379. The first kappa shape index (κ1) is 25.2. The molecule has 194 valence electrons. The number of hydrogen-bond donors (Lipinski definition) is 0. The van der Waals surface area contributed by atoms with Crippen molar-refractivity contribution < 1.29 is 18.7 Å². The highest BCUT2D eigenvalue weighted by Gasteiger charge is 2.30. The van der Waals surface area contributed by atoms with E-state index in [1.54, 1.807) is 21.9 Å². The van der Waals surface area contributed by atoms with Crippen molar-refractivity contribution in [1.29, 1.82) is 0 Å². The van der Waals surface area contributed by atoms with Crippen molar-refractivity contribution in [3.8, 4) is 5.75 Å². The van der Waals surface area contributed by atoms with Gasteiger partial charge in [0.05, 0.1) is 22.9 Å². The Morgan fingerprint density at radius 2 is 1.76 bits per heavy atom. The fourth-order valence-electron chi connectivity index (χ4n) is 4.75. The van der Waals surface area contributed by atoms with Gasteiger partial charge in [-0.1, -0.05) is 50.6 Å². The minimum absolute atomic E-state index is 0.0221. The average molecular weight is 522 g/mol. The minimum Gasteiger partial charge on any atom is -0.482 e. The lowest BCUT2D eigenvalue weighted by atomic mass is 9.82. The third kappa shape index (κ3) is 5.05. The van der Waals surface area contributed by atoms with Crippen LogP contribution in [0.25, 0.3) is 0 Å². The third-order valence-corrected chi connectivity index (χ3v) is 7.83. The maximum absolute atomic E-state index is 13.2. The fourth-order valence-corrected chi connectivity index (χ4v) is 5.00.